The summed E-state index contributed by atoms with van der Waals surface area (Å²) in [6.45, 7) is 3.92. The summed E-state index contributed by atoms with van der Waals surface area (Å²) in [5.74, 6) is -0.132. The lowest BCUT2D eigenvalue weighted by molar-refractivity contribution is -0.123. The molecule has 0 aromatic heterocycles. The van der Waals surface area contributed by atoms with Crippen LogP contribution in [0.25, 0.3) is 0 Å². The molecule has 14 heavy (non-hydrogen) atoms. The molecule has 0 aromatic rings. The molecule has 6 N–H and O–H groups in total. The zero-order valence-corrected chi connectivity index (χ0v) is 8.53. The predicted octanol–water partition coefficient (Wildman–Crippen LogP) is -0.778. The van der Waals surface area contributed by atoms with Gasteiger partial charge in [0.15, 0.2) is 5.78 Å². The molecule has 0 heterocycles. The van der Waals surface area contributed by atoms with E-state index in [1.807, 2.05) is 0 Å². The van der Waals surface area contributed by atoms with Crippen LogP contribution in [-0.2, 0) is 4.79 Å². The molecule has 82 valence electrons. The quantitative estimate of drug-likeness (QED) is 0.265. The van der Waals surface area contributed by atoms with Crippen molar-refractivity contribution in [3.8, 4) is 0 Å². The minimum Gasteiger partial charge on any atom is -0.368 e. The molecule has 0 bridgehead atoms. The summed E-state index contributed by atoms with van der Waals surface area (Å²) in [6, 6.07) is -0.509. The van der Waals surface area contributed by atoms with Crippen LogP contribution < -0.4 is 16.9 Å². The van der Waals surface area contributed by atoms with Crippen LogP contribution in [0, 0.1) is 5.92 Å². The van der Waals surface area contributed by atoms with E-state index in [-0.39, 0.29) is 17.7 Å². The molecule has 0 spiro atoms. The molecule has 1 unspecified atom stereocenters. The normalized spacial score (nSPS) is 14.2. The highest BCUT2D eigenvalue weighted by molar-refractivity contribution is 5.85. The van der Waals surface area contributed by atoms with Crippen LogP contribution in [-0.4, -0.2) is 29.5 Å². The van der Waals surface area contributed by atoms with Crippen molar-refractivity contribution in [2.24, 2.45) is 22.4 Å². The SMILES string of the molecule is CC(C)C(=O)C(N)CCN=C(N)NO. The standard InChI is InChI=1S/C8H18N4O2/c1-5(2)7(13)6(9)3-4-11-8(10)12-14/h5-6,14H,3-4,9H2,1-2H3,(H3,10,11,12). The number of carbonyl (C=O) groups excluding carboxylic acids is 1. The summed E-state index contributed by atoms with van der Waals surface area (Å²) in [6.07, 6.45) is 0.430. The Kier molecular flexibility index (Phi) is 5.82. The average Bonchev–Trinajstić information content (AvgIpc) is 2.15. The number of hydrogen-bond donors (Lipinski definition) is 4. The zero-order valence-electron chi connectivity index (χ0n) is 8.53. The van der Waals surface area contributed by atoms with Gasteiger partial charge in [-0.1, -0.05) is 13.8 Å². The van der Waals surface area contributed by atoms with Gasteiger partial charge in [-0.2, -0.15) is 0 Å². The average molecular weight is 202 g/mol. The van der Waals surface area contributed by atoms with Crippen molar-refractivity contribution in [3.63, 3.8) is 0 Å². The fourth-order valence-electron chi connectivity index (χ4n) is 0.930. The van der Waals surface area contributed by atoms with Crippen molar-refractivity contribution < 1.29 is 10.0 Å². The molecule has 0 radical (unpaired) electrons. The third kappa shape index (κ3) is 4.78. The molecule has 1 atom stereocenters. The van der Waals surface area contributed by atoms with Gasteiger partial charge < -0.3 is 11.5 Å². The lowest BCUT2D eigenvalue weighted by Crippen LogP contribution is -2.35. The fourth-order valence-corrected chi connectivity index (χ4v) is 0.930. The van der Waals surface area contributed by atoms with E-state index in [0.717, 1.165) is 0 Å². The largest absolute Gasteiger partial charge is 0.368 e. The highest BCUT2D eigenvalue weighted by Crippen LogP contribution is 2.01. The van der Waals surface area contributed by atoms with E-state index in [1.54, 1.807) is 19.3 Å². The highest BCUT2D eigenvalue weighted by atomic mass is 16.5. The molecule has 0 saturated carbocycles. The third-order valence-electron chi connectivity index (χ3n) is 1.77. The maximum absolute atomic E-state index is 11.3. The second kappa shape index (κ2) is 6.33. The number of Topliss-reactive ketones (excluding diaryl/α,β-unsaturated/α-hetero) is 1. The van der Waals surface area contributed by atoms with Gasteiger partial charge in [0.05, 0.1) is 6.04 Å². The van der Waals surface area contributed by atoms with Crippen LogP contribution >= 0.6 is 0 Å². The number of ketones is 1. The molecule has 0 aliphatic carbocycles. The maximum Gasteiger partial charge on any atom is 0.212 e. The smallest absolute Gasteiger partial charge is 0.212 e. The van der Waals surface area contributed by atoms with Crippen molar-refractivity contribution in [3.05, 3.63) is 0 Å². The fraction of sp³-hybridized carbons (Fsp3) is 0.750. The van der Waals surface area contributed by atoms with Crippen molar-refractivity contribution in [1.29, 1.82) is 0 Å². The van der Waals surface area contributed by atoms with E-state index in [9.17, 15) is 4.79 Å². The first kappa shape index (κ1) is 12.9. The first-order valence-corrected chi connectivity index (χ1v) is 4.48. The first-order valence-electron chi connectivity index (χ1n) is 4.48. The second-order valence-corrected chi connectivity index (χ2v) is 3.33. The van der Waals surface area contributed by atoms with Gasteiger partial charge in [-0.05, 0) is 6.42 Å². The van der Waals surface area contributed by atoms with Crippen molar-refractivity contribution in [2.75, 3.05) is 6.54 Å². The van der Waals surface area contributed by atoms with Crippen LogP contribution in [0.2, 0.25) is 0 Å². The monoisotopic (exact) mass is 202 g/mol. The van der Waals surface area contributed by atoms with Crippen molar-refractivity contribution in [1.82, 2.24) is 5.48 Å². The van der Waals surface area contributed by atoms with Gasteiger partial charge in [-0.25, -0.2) is 5.48 Å². The van der Waals surface area contributed by atoms with Crippen LogP contribution in [0.3, 0.4) is 0 Å². The lowest BCUT2D eigenvalue weighted by atomic mass is 10.0. The molecule has 0 rings (SSSR count). The van der Waals surface area contributed by atoms with E-state index < -0.39 is 6.04 Å². The molecule has 0 fully saturated rings. The Balaban J connectivity index is 3.85. The van der Waals surface area contributed by atoms with Crippen LogP contribution in [0.15, 0.2) is 4.99 Å². The lowest BCUT2D eigenvalue weighted by Gasteiger charge is -2.11. The van der Waals surface area contributed by atoms with Gasteiger partial charge in [-0.15, -0.1) is 0 Å². The van der Waals surface area contributed by atoms with E-state index >= 15 is 0 Å². The van der Waals surface area contributed by atoms with Crippen LogP contribution in [0.1, 0.15) is 20.3 Å². The summed E-state index contributed by atoms with van der Waals surface area (Å²) in [4.78, 5) is 15.0. The third-order valence-corrected chi connectivity index (χ3v) is 1.77. The number of carbonyl (C=O) groups is 1. The summed E-state index contributed by atoms with van der Waals surface area (Å²) >= 11 is 0. The van der Waals surface area contributed by atoms with E-state index in [1.165, 1.54) is 0 Å². The Bertz CT molecular complexity index is 215. The Hall–Kier alpha value is -1.14. The van der Waals surface area contributed by atoms with E-state index in [4.69, 9.17) is 16.7 Å². The Morgan fingerprint density at radius 2 is 2.14 bits per heavy atom. The first-order chi connectivity index (χ1) is 6.49. The van der Waals surface area contributed by atoms with Gasteiger partial charge in [0.1, 0.15) is 0 Å². The van der Waals surface area contributed by atoms with E-state index in [0.29, 0.717) is 13.0 Å². The molecular formula is C8H18N4O2. The molecule has 0 aromatic carbocycles. The molecular weight excluding hydrogens is 184 g/mol. The predicted molar refractivity (Wildman–Crippen MR) is 53.8 cm³/mol. The molecule has 0 aliphatic heterocycles. The summed E-state index contributed by atoms with van der Waals surface area (Å²) in [5.41, 5.74) is 12.5. The second-order valence-electron chi connectivity index (χ2n) is 3.33. The Morgan fingerprint density at radius 1 is 1.57 bits per heavy atom. The molecule has 6 heteroatoms. The number of guanidine groups is 1. The Morgan fingerprint density at radius 3 is 2.57 bits per heavy atom. The van der Waals surface area contributed by atoms with Crippen molar-refractivity contribution in [2.45, 2.75) is 26.3 Å². The van der Waals surface area contributed by atoms with Crippen LogP contribution in [0.5, 0.6) is 0 Å². The summed E-state index contributed by atoms with van der Waals surface area (Å²) in [7, 11) is 0. The number of nitrogens with one attached hydrogen (secondary N) is 1. The number of hydrogen-bond acceptors (Lipinski definition) is 4. The van der Waals surface area contributed by atoms with E-state index in [2.05, 4.69) is 4.99 Å². The van der Waals surface area contributed by atoms with Crippen molar-refractivity contribution >= 4 is 11.7 Å². The molecule has 0 saturated heterocycles. The highest BCUT2D eigenvalue weighted by Gasteiger charge is 2.15. The number of rotatable bonds is 5. The zero-order chi connectivity index (χ0) is 11.1. The number of nitrogens with zero attached hydrogens (tertiary/aromatic N) is 1. The number of aliphatic imine (C=N–C) groups is 1. The summed E-state index contributed by atoms with van der Waals surface area (Å²) < 4.78 is 0. The van der Waals surface area contributed by atoms with Gasteiger partial charge >= 0.3 is 0 Å². The Labute approximate surface area is 83.3 Å². The molecule has 0 amide bonds. The molecule has 6 nitrogen and oxygen atoms in total. The maximum atomic E-state index is 11.3. The van der Waals surface area contributed by atoms with Gasteiger partial charge in [0, 0.05) is 12.5 Å². The topological polar surface area (TPSA) is 114 Å². The molecule has 0 aliphatic rings. The van der Waals surface area contributed by atoms with Gasteiger partial charge in [-0.3, -0.25) is 15.0 Å². The van der Waals surface area contributed by atoms with Gasteiger partial charge in [0.25, 0.3) is 0 Å². The minimum absolute atomic E-state index is 0.00993. The summed E-state index contributed by atoms with van der Waals surface area (Å²) in [5, 5.41) is 8.29. The number of nitrogens with two attached hydrogens (primary N) is 2. The van der Waals surface area contributed by atoms with Crippen LogP contribution in [0.4, 0.5) is 0 Å². The minimum atomic E-state index is -0.509. The van der Waals surface area contributed by atoms with Gasteiger partial charge in [0.2, 0.25) is 5.96 Å². The number of hydroxylamine groups is 1.